The first kappa shape index (κ1) is 24.8. The number of rotatable bonds is 0. The summed E-state index contributed by atoms with van der Waals surface area (Å²) < 4.78 is 0. The first-order chi connectivity index (χ1) is 20.9. The van der Waals surface area contributed by atoms with Crippen LogP contribution in [0.15, 0.2) is 109 Å². The molecule has 1 heteroatoms. The maximum atomic E-state index is 2.56. The summed E-state index contributed by atoms with van der Waals surface area (Å²) in [6.07, 6.45) is 4.73. The van der Waals surface area contributed by atoms with Crippen molar-refractivity contribution in [3.63, 3.8) is 0 Å². The molecule has 0 aromatic heterocycles. The zero-order chi connectivity index (χ0) is 29.0. The van der Waals surface area contributed by atoms with Crippen LogP contribution in [0.2, 0.25) is 0 Å². The molecule has 5 aliphatic heterocycles. The normalized spacial score (nSPS) is 14.1. The number of hydrogen-bond donors (Lipinski definition) is 0. The van der Waals surface area contributed by atoms with E-state index < -0.39 is 8.07 Å². The average molecular weight is 565 g/mol. The topological polar surface area (TPSA) is 0 Å². The highest BCUT2D eigenvalue weighted by atomic mass is 28.3. The Labute approximate surface area is 255 Å². The molecule has 0 N–H and O–H groups in total. The second-order valence-electron chi connectivity index (χ2n) is 12.9. The minimum atomic E-state index is -2.73. The van der Waals surface area contributed by atoms with E-state index in [1.54, 1.807) is 0 Å². The Bertz CT molecular complexity index is 2030. The molecule has 0 aliphatic carbocycles. The van der Waals surface area contributed by atoms with Crippen molar-refractivity contribution in [2.24, 2.45) is 0 Å². The largest absolute Gasteiger partial charge is 0.180 e. The van der Waals surface area contributed by atoms with Gasteiger partial charge in [0.05, 0.1) is 0 Å². The minimum Gasteiger partial charge on any atom is -0.0613 e. The molecule has 6 aromatic carbocycles. The Morgan fingerprint density at radius 1 is 0.395 bits per heavy atom. The van der Waals surface area contributed by atoms with Gasteiger partial charge in [0.25, 0.3) is 0 Å². The predicted molar refractivity (Wildman–Crippen MR) is 187 cm³/mol. The molecule has 5 heterocycles. The van der Waals surface area contributed by atoms with Gasteiger partial charge in [-0.15, -0.1) is 0 Å². The zero-order valence-corrected chi connectivity index (χ0v) is 26.0. The smallest absolute Gasteiger partial charge is 0.0613 e. The van der Waals surface area contributed by atoms with Crippen LogP contribution in [0, 0.1) is 27.7 Å². The fourth-order valence-corrected chi connectivity index (χ4v) is 13.6. The molecule has 1 spiro atoms. The monoisotopic (exact) mass is 564 g/mol. The van der Waals surface area contributed by atoms with Crippen LogP contribution in [0.4, 0.5) is 0 Å². The maximum Gasteiger partial charge on any atom is 0.180 e. The van der Waals surface area contributed by atoms with Gasteiger partial charge in [-0.25, -0.2) is 0 Å². The second-order valence-corrected chi connectivity index (χ2v) is 16.6. The highest BCUT2D eigenvalue weighted by Gasteiger charge is 2.45. The number of hydrogen-bond acceptors (Lipinski definition) is 0. The van der Waals surface area contributed by atoms with E-state index in [4.69, 9.17) is 0 Å². The van der Waals surface area contributed by atoms with E-state index in [0.717, 1.165) is 0 Å². The molecule has 6 aromatic rings. The summed E-state index contributed by atoms with van der Waals surface area (Å²) in [5, 5.41) is 5.84. The summed E-state index contributed by atoms with van der Waals surface area (Å²) in [6.45, 7) is 8.97. The molecule has 0 nitrogen and oxygen atoms in total. The second kappa shape index (κ2) is 8.66. The summed E-state index contributed by atoms with van der Waals surface area (Å²) in [5.41, 5.74) is 18.5. The molecule has 8 bridgehead atoms. The van der Waals surface area contributed by atoms with E-state index >= 15 is 0 Å². The number of aryl methyl sites for hydroxylation is 4. The molecule has 0 radical (unpaired) electrons. The maximum absolute atomic E-state index is 2.73. The summed E-state index contributed by atoms with van der Waals surface area (Å²) in [6, 6.07) is 43.4. The van der Waals surface area contributed by atoms with Crippen LogP contribution >= 0.6 is 0 Å². The van der Waals surface area contributed by atoms with Crippen LogP contribution in [0.3, 0.4) is 0 Å². The standard InChI is InChI=1S/C42H32Si/c1-25-19-27(3)41-33-9-7-31-5-6-32-8-10-34-24-40(32)43(39(31)23-33,35-15-11-29(12-16-35)37(41)21-25)36-17-13-30(14-18-36)38-22-26(2)20-28(4)42(34)38/h5-24H,1-4H3. The number of benzene rings is 6. The highest BCUT2D eigenvalue weighted by Crippen LogP contribution is 2.40. The van der Waals surface area contributed by atoms with E-state index in [1.165, 1.54) is 98.6 Å². The predicted octanol–water partition coefficient (Wildman–Crippen LogP) is 8.08. The lowest BCUT2D eigenvalue weighted by atomic mass is 9.89. The van der Waals surface area contributed by atoms with Crippen molar-refractivity contribution in [2.75, 3.05) is 0 Å². The van der Waals surface area contributed by atoms with E-state index in [-0.39, 0.29) is 0 Å². The molecule has 11 rings (SSSR count). The molecule has 0 amide bonds. The van der Waals surface area contributed by atoms with Gasteiger partial charge in [-0.2, -0.15) is 0 Å². The van der Waals surface area contributed by atoms with Gasteiger partial charge in [-0.3, -0.25) is 0 Å². The van der Waals surface area contributed by atoms with E-state index in [2.05, 4.69) is 149 Å². The highest BCUT2D eigenvalue weighted by molar-refractivity contribution is 7.20. The van der Waals surface area contributed by atoms with Crippen molar-refractivity contribution in [3.8, 4) is 44.5 Å². The van der Waals surface area contributed by atoms with Gasteiger partial charge >= 0.3 is 0 Å². The van der Waals surface area contributed by atoms with Crippen molar-refractivity contribution >= 4 is 41.0 Å². The summed E-state index contributed by atoms with van der Waals surface area (Å²) >= 11 is 0. The Morgan fingerprint density at radius 2 is 0.791 bits per heavy atom. The van der Waals surface area contributed by atoms with Gasteiger partial charge in [0.2, 0.25) is 0 Å². The zero-order valence-electron chi connectivity index (χ0n) is 25.0. The minimum absolute atomic E-state index is 1.29. The molecule has 0 saturated carbocycles. The Balaban J connectivity index is 1.49. The lowest BCUT2D eigenvalue weighted by Crippen LogP contribution is -2.75. The fraction of sp³-hybridized carbons (Fsp3) is 0.0952. The SMILES string of the molecule is Cc1cc(C)c2c(c1)-c1ccc(cc1)[Si]13c4ccc(cc4)-c4cc(C)cc(C)c4-c4ccc(c1c4)C=Cc1ccc-2cc13. The van der Waals surface area contributed by atoms with Crippen molar-refractivity contribution in [2.45, 2.75) is 27.7 Å². The van der Waals surface area contributed by atoms with E-state index in [1.807, 2.05) is 0 Å². The lowest BCUT2D eigenvalue weighted by Gasteiger charge is -2.37. The Morgan fingerprint density at radius 3 is 1.21 bits per heavy atom. The molecule has 204 valence electrons. The lowest BCUT2D eigenvalue weighted by molar-refractivity contribution is 1.38. The Hall–Kier alpha value is -4.72. The third-order valence-corrected chi connectivity index (χ3v) is 15.0. The molecule has 5 aliphatic rings. The molecule has 0 saturated heterocycles. The van der Waals surface area contributed by atoms with Crippen LogP contribution in [-0.2, 0) is 0 Å². The van der Waals surface area contributed by atoms with Crippen LogP contribution in [0.25, 0.3) is 56.7 Å². The summed E-state index contributed by atoms with van der Waals surface area (Å²) in [7, 11) is -2.73. The van der Waals surface area contributed by atoms with Gasteiger partial charge < -0.3 is 0 Å². The Kier molecular flexibility index (Phi) is 5.00. The van der Waals surface area contributed by atoms with Crippen LogP contribution in [0.1, 0.15) is 33.4 Å². The first-order valence-corrected chi connectivity index (χ1v) is 17.3. The molecule has 0 fully saturated rings. The third-order valence-electron chi connectivity index (χ3n) is 10.2. The molecular formula is C42H32Si. The van der Waals surface area contributed by atoms with Gasteiger partial charge in [-0.05, 0) is 115 Å². The first-order valence-electron chi connectivity index (χ1n) is 15.3. The van der Waals surface area contributed by atoms with E-state index in [0.29, 0.717) is 0 Å². The molecular weight excluding hydrogens is 533 g/mol. The van der Waals surface area contributed by atoms with Crippen LogP contribution < -0.4 is 20.7 Å². The van der Waals surface area contributed by atoms with Crippen molar-refractivity contribution in [1.82, 2.24) is 0 Å². The molecule has 0 unspecified atom stereocenters. The van der Waals surface area contributed by atoms with E-state index in [9.17, 15) is 0 Å². The fourth-order valence-electron chi connectivity index (χ4n) is 8.43. The molecule has 43 heavy (non-hydrogen) atoms. The quantitative estimate of drug-likeness (QED) is 0.163. The van der Waals surface area contributed by atoms with Crippen LogP contribution in [0.5, 0.6) is 0 Å². The number of fused-ring (bicyclic) bond motifs is 4. The average Bonchev–Trinajstić information content (AvgIpc) is 3.15. The van der Waals surface area contributed by atoms with Crippen molar-refractivity contribution in [3.05, 3.63) is 143 Å². The van der Waals surface area contributed by atoms with Crippen molar-refractivity contribution < 1.29 is 0 Å². The van der Waals surface area contributed by atoms with Gasteiger partial charge in [0.15, 0.2) is 8.07 Å². The third kappa shape index (κ3) is 3.32. The van der Waals surface area contributed by atoms with Crippen molar-refractivity contribution in [1.29, 1.82) is 0 Å². The summed E-state index contributed by atoms with van der Waals surface area (Å²) in [4.78, 5) is 0. The van der Waals surface area contributed by atoms with Gasteiger partial charge in [0.1, 0.15) is 0 Å². The van der Waals surface area contributed by atoms with Crippen LogP contribution in [-0.4, -0.2) is 8.07 Å². The van der Waals surface area contributed by atoms with Gasteiger partial charge in [-0.1, -0.05) is 132 Å². The van der Waals surface area contributed by atoms with Gasteiger partial charge in [0, 0.05) is 0 Å². The summed E-state index contributed by atoms with van der Waals surface area (Å²) in [5.74, 6) is 0. The molecule has 0 atom stereocenters.